The van der Waals surface area contributed by atoms with E-state index in [2.05, 4.69) is 60.6 Å². The van der Waals surface area contributed by atoms with Crippen LogP contribution in [0.4, 0.5) is 0 Å². The zero-order valence-corrected chi connectivity index (χ0v) is 20.4. The van der Waals surface area contributed by atoms with Gasteiger partial charge in [-0.15, -0.1) is 0 Å². The van der Waals surface area contributed by atoms with Gasteiger partial charge in [0.15, 0.2) is 0 Å². The predicted molar refractivity (Wildman–Crippen MR) is 114 cm³/mol. The molecule has 4 atom stereocenters. The van der Waals surface area contributed by atoms with Crippen LogP contribution in [0.2, 0.25) is 0 Å². The first-order valence-electron chi connectivity index (χ1n) is 9.40. The molecule has 2 rings (SSSR count). The number of hydrogen-bond acceptors (Lipinski definition) is 4. The zero-order valence-electron chi connectivity index (χ0n) is 16.6. The summed E-state index contributed by atoms with van der Waals surface area (Å²) in [5.41, 5.74) is 3.88. The number of aliphatic imine (C=N–C) groups is 1. The Morgan fingerprint density at radius 2 is 2.00 bits per heavy atom. The Balaban J connectivity index is 2.37. The Morgan fingerprint density at radius 3 is 2.60 bits per heavy atom. The van der Waals surface area contributed by atoms with Crippen LogP contribution in [0.3, 0.4) is 0 Å². The first-order valence-corrected chi connectivity index (χ1v) is 14.8. The third kappa shape index (κ3) is 4.95. The summed E-state index contributed by atoms with van der Waals surface area (Å²) in [6, 6.07) is 0. The molecule has 0 amide bonds. The molecule has 4 unspecified atom stereocenters. The van der Waals surface area contributed by atoms with E-state index in [-0.39, 0.29) is 25.6 Å². The van der Waals surface area contributed by atoms with E-state index < -0.39 is 0 Å². The predicted octanol–water partition coefficient (Wildman–Crippen LogP) is 3.35. The van der Waals surface area contributed by atoms with E-state index in [0.717, 1.165) is 17.4 Å². The average molecular weight is 492 g/mol. The Morgan fingerprint density at radius 1 is 1.28 bits per heavy atom. The average Bonchev–Trinajstić information content (AvgIpc) is 2.61. The summed E-state index contributed by atoms with van der Waals surface area (Å²) in [4.78, 5) is 6.58. The van der Waals surface area contributed by atoms with Crippen LogP contribution in [-0.4, -0.2) is 28.0 Å². The molecular weight excluding hydrogens is 459 g/mol. The van der Waals surface area contributed by atoms with Crippen molar-refractivity contribution in [3.8, 4) is 0 Å². The topological polar surface area (TPSA) is 24.7 Å². The second-order valence-electron chi connectivity index (χ2n) is 7.18. The fourth-order valence-corrected chi connectivity index (χ4v) is 7.89. The van der Waals surface area contributed by atoms with Crippen molar-refractivity contribution in [2.75, 3.05) is 5.75 Å². The fraction of sp³-hybridized carbons (Fsp3) is 0.700. The molecule has 0 aromatic carbocycles. The van der Waals surface area contributed by atoms with E-state index in [1.165, 1.54) is 28.3 Å². The van der Waals surface area contributed by atoms with Crippen molar-refractivity contribution in [2.45, 2.75) is 72.1 Å². The number of hydrogen-bond donors (Lipinski definition) is 0. The monoisotopic (exact) mass is 491 g/mol. The van der Waals surface area contributed by atoms with Crippen LogP contribution in [0.15, 0.2) is 30.8 Å². The van der Waals surface area contributed by atoms with Gasteiger partial charge < -0.3 is 0 Å². The number of rotatable bonds is 7. The van der Waals surface area contributed by atoms with Crippen molar-refractivity contribution in [2.24, 2.45) is 20.0 Å². The summed E-state index contributed by atoms with van der Waals surface area (Å²) in [6.07, 6.45) is 6.93. The molecule has 0 spiro atoms. The minimum absolute atomic E-state index is 0.0491. The summed E-state index contributed by atoms with van der Waals surface area (Å²) < 4.78 is 4.98. The summed E-state index contributed by atoms with van der Waals surface area (Å²) in [6.45, 7) is 16.1. The molecule has 2 nitrogen and oxygen atoms in total. The molecule has 0 saturated carbocycles. The van der Waals surface area contributed by atoms with Gasteiger partial charge in [-0.3, -0.25) is 0 Å². The van der Waals surface area contributed by atoms with Crippen molar-refractivity contribution in [1.29, 1.82) is 0 Å². The number of fused-ring (bicyclic) bond motifs is 1. The van der Waals surface area contributed by atoms with Gasteiger partial charge >= 0.3 is 173 Å². The summed E-state index contributed by atoms with van der Waals surface area (Å²) >= 11 is 1.73. The van der Waals surface area contributed by atoms with E-state index in [4.69, 9.17) is 8.20 Å². The standard InChI is InChI=1S/C20H32IN2S2/c1-8-13(4)25-21-23-16-11-17-14(5)15(6)20(7,9-2)22-19(17)18(12-16)24-10-3/h11-15H,8-10H2,1-7H3/q-1/b23-16+. The normalized spacial score (nSPS) is 32.1. The van der Waals surface area contributed by atoms with Gasteiger partial charge in [-0.05, 0) is 0 Å². The quantitative estimate of drug-likeness (QED) is 0.403. The Hall–Kier alpha value is 0.250. The second kappa shape index (κ2) is 9.45. The van der Waals surface area contributed by atoms with Crippen molar-refractivity contribution in [3.05, 3.63) is 22.6 Å². The van der Waals surface area contributed by atoms with Gasteiger partial charge in [0.2, 0.25) is 0 Å². The molecule has 25 heavy (non-hydrogen) atoms. The third-order valence-corrected chi connectivity index (χ3v) is 11.7. The molecule has 1 aliphatic heterocycles. The molecule has 142 valence electrons. The van der Waals surface area contributed by atoms with E-state index in [9.17, 15) is 0 Å². The van der Waals surface area contributed by atoms with Crippen molar-refractivity contribution < 1.29 is 20.1 Å². The second-order valence-corrected chi connectivity index (χ2v) is 12.8. The summed E-state index contributed by atoms with van der Waals surface area (Å²) in [7, 11) is 2.05. The Kier molecular flexibility index (Phi) is 8.14. The van der Waals surface area contributed by atoms with E-state index in [1.54, 1.807) is 0 Å². The molecule has 1 aliphatic carbocycles. The van der Waals surface area contributed by atoms with Gasteiger partial charge in [-0.25, -0.2) is 0 Å². The van der Waals surface area contributed by atoms with Gasteiger partial charge in [-0.1, -0.05) is 0 Å². The molecular formula is C20H32IN2S2-. The minimum atomic E-state index is -0.184. The number of thioether (sulfide) groups is 1. The number of nitrogens with zero attached hydrogens (tertiary/aromatic N) is 2. The summed E-state index contributed by atoms with van der Waals surface area (Å²) in [5.74, 6) is 2.17. The van der Waals surface area contributed by atoms with Gasteiger partial charge in [-0.2, -0.15) is 0 Å². The van der Waals surface area contributed by atoms with E-state index in [1.807, 2.05) is 20.7 Å². The molecule has 0 aromatic rings. The first-order chi connectivity index (χ1) is 11.9. The molecule has 0 N–H and O–H groups in total. The van der Waals surface area contributed by atoms with Crippen molar-refractivity contribution in [3.63, 3.8) is 0 Å². The van der Waals surface area contributed by atoms with E-state index in [0.29, 0.717) is 11.8 Å². The van der Waals surface area contributed by atoms with Crippen LogP contribution in [0.25, 0.3) is 0 Å². The number of allylic oxidation sites excluding steroid dienone is 4. The summed E-state index contributed by atoms with van der Waals surface area (Å²) in [5, 5.41) is 0.720. The van der Waals surface area contributed by atoms with Crippen LogP contribution < -0.4 is 20.1 Å². The van der Waals surface area contributed by atoms with Gasteiger partial charge in [0.1, 0.15) is 0 Å². The first kappa shape index (κ1) is 21.5. The van der Waals surface area contributed by atoms with Gasteiger partial charge in [0.05, 0.1) is 0 Å². The maximum atomic E-state index is 5.25. The molecule has 1 heterocycles. The van der Waals surface area contributed by atoms with Gasteiger partial charge in [0, 0.05) is 0 Å². The molecule has 0 fully saturated rings. The Labute approximate surface area is 172 Å². The van der Waals surface area contributed by atoms with E-state index >= 15 is 0 Å². The SMILES string of the molecule is CCSC1=C/C(=N/[I-]SC(C)CC)C=C2C1=NC(C)(CC)C(C)C2C. The molecule has 0 saturated heterocycles. The van der Waals surface area contributed by atoms with Crippen LogP contribution >= 0.6 is 20.7 Å². The fourth-order valence-electron chi connectivity index (χ4n) is 3.15. The Bertz CT molecular complexity index is 609. The molecule has 0 aromatic heterocycles. The molecule has 0 radical (unpaired) electrons. The van der Waals surface area contributed by atoms with Crippen LogP contribution in [0.5, 0.6) is 0 Å². The van der Waals surface area contributed by atoms with Gasteiger partial charge in [0.25, 0.3) is 0 Å². The maximum absolute atomic E-state index is 5.25. The third-order valence-electron chi connectivity index (χ3n) is 5.59. The van der Waals surface area contributed by atoms with Crippen LogP contribution in [0, 0.1) is 11.8 Å². The zero-order chi connectivity index (χ0) is 18.6. The molecule has 0 bridgehead atoms. The van der Waals surface area contributed by atoms with Crippen LogP contribution in [-0.2, 0) is 0 Å². The van der Waals surface area contributed by atoms with Crippen molar-refractivity contribution >= 4 is 32.1 Å². The number of halogens is 1. The molecule has 2 aliphatic rings. The molecule has 5 heteroatoms. The van der Waals surface area contributed by atoms with Crippen LogP contribution in [0.1, 0.15) is 61.3 Å². The van der Waals surface area contributed by atoms with Crippen molar-refractivity contribution in [1.82, 2.24) is 0 Å².